The molecule has 0 saturated carbocycles. The van der Waals surface area contributed by atoms with Crippen LogP contribution in [0.2, 0.25) is 0 Å². The standard InChI is InChI=1S/C49H33F3N4/c1-28-13-17-42-36(21-28)37-22-29(2)14-18-43(37)55(42)47-40(34-11-7-5-9-32(34)26-53)25-41(35-12-8-6-10-33(35)27-54)48(46(47)49(50,51)52)56-44-19-15-30(3)23-38(44)39-24-31(4)16-20-45(39)56/h5-25H,1-4H3. The SMILES string of the molecule is Cc1ccc2c(c1)c1cc(C)ccc1n2-c1c(-c2ccccc2C#N)cc(-c2ccccc2C#N)c(-n2c3ccc(C)cc3c3cc(C)ccc32)c1C(F)(F)F. The highest BCUT2D eigenvalue weighted by molar-refractivity contribution is 6.13. The maximum absolute atomic E-state index is 16.9. The third-order valence-corrected chi connectivity index (χ3v) is 10.8. The number of alkyl halides is 3. The van der Waals surface area contributed by atoms with Gasteiger partial charge in [0.25, 0.3) is 0 Å². The number of fused-ring (bicyclic) bond motifs is 6. The normalized spacial score (nSPS) is 11.8. The Labute approximate surface area is 321 Å². The summed E-state index contributed by atoms with van der Waals surface area (Å²) in [6, 6.07) is 43.0. The van der Waals surface area contributed by atoms with Crippen LogP contribution in [0.4, 0.5) is 13.2 Å². The molecule has 0 fully saturated rings. The molecule has 2 aromatic heterocycles. The van der Waals surface area contributed by atoms with Gasteiger partial charge in [-0.05, 0) is 94.4 Å². The summed E-state index contributed by atoms with van der Waals surface area (Å²) in [4.78, 5) is 0. The minimum absolute atomic E-state index is 0.102. The van der Waals surface area contributed by atoms with Gasteiger partial charge < -0.3 is 9.13 Å². The van der Waals surface area contributed by atoms with Crippen LogP contribution >= 0.6 is 0 Å². The lowest BCUT2D eigenvalue weighted by Crippen LogP contribution is -2.18. The molecule has 4 nitrogen and oxygen atoms in total. The molecule has 0 N–H and O–H groups in total. The van der Waals surface area contributed by atoms with E-state index in [2.05, 4.69) is 12.1 Å². The lowest BCUT2D eigenvalue weighted by molar-refractivity contribution is -0.137. The van der Waals surface area contributed by atoms with Crippen molar-refractivity contribution < 1.29 is 13.2 Å². The molecule has 0 bridgehead atoms. The highest BCUT2D eigenvalue weighted by Gasteiger charge is 2.42. The second-order valence-electron chi connectivity index (χ2n) is 14.6. The zero-order valence-electron chi connectivity index (χ0n) is 31.0. The molecular weight excluding hydrogens is 702 g/mol. The summed E-state index contributed by atoms with van der Waals surface area (Å²) >= 11 is 0. The number of rotatable bonds is 4. The lowest BCUT2D eigenvalue weighted by atomic mass is 9.88. The van der Waals surface area contributed by atoms with Crippen molar-refractivity contribution in [1.82, 2.24) is 9.13 Å². The van der Waals surface area contributed by atoms with Gasteiger partial charge in [-0.25, -0.2) is 0 Å². The monoisotopic (exact) mass is 734 g/mol. The number of aryl methyl sites for hydroxylation is 4. The first-order valence-corrected chi connectivity index (χ1v) is 18.3. The summed E-state index contributed by atoms with van der Waals surface area (Å²) in [5, 5.41) is 24.2. The van der Waals surface area contributed by atoms with E-state index in [1.54, 1.807) is 63.7 Å². The van der Waals surface area contributed by atoms with Crippen molar-refractivity contribution in [2.45, 2.75) is 33.9 Å². The summed E-state index contributed by atoms with van der Waals surface area (Å²) in [5.74, 6) is 0. The maximum Gasteiger partial charge on any atom is 0.420 e. The summed E-state index contributed by atoms with van der Waals surface area (Å²) < 4.78 is 54.3. The third kappa shape index (κ3) is 5.27. The molecule has 0 aliphatic rings. The fraction of sp³-hybridized carbons (Fsp3) is 0.102. The van der Waals surface area contributed by atoms with E-state index in [9.17, 15) is 10.5 Å². The van der Waals surface area contributed by atoms with Crippen LogP contribution in [0.25, 0.3) is 77.2 Å². The van der Waals surface area contributed by atoms with Crippen LogP contribution in [-0.2, 0) is 6.18 Å². The average molecular weight is 735 g/mol. The summed E-state index contributed by atoms with van der Waals surface area (Å²) in [6.45, 7) is 7.89. The summed E-state index contributed by atoms with van der Waals surface area (Å²) in [6.07, 6.45) is -4.95. The predicted octanol–water partition coefficient (Wildman–Crippen LogP) is 13.2. The van der Waals surface area contributed by atoms with Gasteiger partial charge in [-0.3, -0.25) is 0 Å². The molecule has 0 amide bonds. The highest BCUT2D eigenvalue weighted by Crippen LogP contribution is 2.52. The number of aromatic nitrogens is 2. The molecule has 0 radical (unpaired) electrons. The van der Waals surface area contributed by atoms with Crippen LogP contribution < -0.4 is 0 Å². The molecule has 270 valence electrons. The van der Waals surface area contributed by atoms with E-state index in [1.165, 1.54) is 0 Å². The van der Waals surface area contributed by atoms with E-state index >= 15 is 13.2 Å². The topological polar surface area (TPSA) is 57.4 Å². The largest absolute Gasteiger partial charge is 0.420 e. The minimum Gasteiger partial charge on any atom is -0.308 e. The second kappa shape index (κ2) is 12.8. The Hall–Kier alpha value is -7.09. The van der Waals surface area contributed by atoms with Gasteiger partial charge in [0.05, 0.1) is 56.7 Å². The summed E-state index contributed by atoms with van der Waals surface area (Å²) in [5.41, 5.74) is 6.79. The third-order valence-electron chi connectivity index (χ3n) is 10.8. The van der Waals surface area contributed by atoms with Gasteiger partial charge in [0.2, 0.25) is 0 Å². The van der Waals surface area contributed by atoms with E-state index < -0.39 is 11.7 Å². The van der Waals surface area contributed by atoms with Crippen LogP contribution in [0.1, 0.15) is 38.9 Å². The van der Waals surface area contributed by atoms with Crippen molar-refractivity contribution in [1.29, 1.82) is 10.5 Å². The second-order valence-corrected chi connectivity index (χ2v) is 14.6. The molecule has 0 saturated heterocycles. The van der Waals surface area contributed by atoms with Crippen LogP contribution in [0.15, 0.2) is 127 Å². The molecular formula is C49H33F3N4. The first-order chi connectivity index (χ1) is 27.0. The Kier molecular flexibility index (Phi) is 7.90. The molecule has 7 heteroatoms. The molecule has 0 aliphatic carbocycles. The highest BCUT2D eigenvalue weighted by atomic mass is 19.4. The molecule has 0 aliphatic heterocycles. The Morgan fingerprint density at radius 1 is 0.429 bits per heavy atom. The van der Waals surface area contributed by atoms with Gasteiger partial charge in [0.15, 0.2) is 0 Å². The van der Waals surface area contributed by atoms with E-state index in [0.717, 1.165) is 43.8 Å². The van der Waals surface area contributed by atoms with Crippen LogP contribution in [0.5, 0.6) is 0 Å². The predicted molar refractivity (Wildman–Crippen MR) is 219 cm³/mol. The van der Waals surface area contributed by atoms with Crippen molar-refractivity contribution in [3.05, 3.63) is 166 Å². The number of nitrogens with zero attached hydrogens (tertiary/aromatic N) is 4. The van der Waals surface area contributed by atoms with Crippen molar-refractivity contribution in [2.24, 2.45) is 0 Å². The van der Waals surface area contributed by atoms with E-state index in [1.807, 2.05) is 100 Å². The quantitative estimate of drug-likeness (QED) is 0.181. The van der Waals surface area contributed by atoms with Gasteiger partial charge in [0.1, 0.15) is 5.56 Å². The van der Waals surface area contributed by atoms with Crippen LogP contribution in [-0.4, -0.2) is 9.13 Å². The molecule has 7 aromatic carbocycles. The molecule has 9 aromatic rings. The zero-order chi connectivity index (χ0) is 39.0. The number of hydrogen-bond donors (Lipinski definition) is 0. The molecule has 9 rings (SSSR count). The van der Waals surface area contributed by atoms with Crippen LogP contribution in [0.3, 0.4) is 0 Å². The molecule has 2 heterocycles. The van der Waals surface area contributed by atoms with Crippen molar-refractivity contribution >= 4 is 43.6 Å². The van der Waals surface area contributed by atoms with Gasteiger partial charge in [-0.2, -0.15) is 23.7 Å². The van der Waals surface area contributed by atoms with Crippen molar-refractivity contribution in [2.75, 3.05) is 0 Å². The molecule has 56 heavy (non-hydrogen) atoms. The van der Waals surface area contributed by atoms with Gasteiger partial charge in [-0.1, -0.05) is 82.9 Å². The average Bonchev–Trinajstić information content (AvgIpc) is 3.67. The zero-order valence-corrected chi connectivity index (χ0v) is 31.0. The first kappa shape index (κ1) is 34.7. The number of benzene rings is 7. The fourth-order valence-corrected chi connectivity index (χ4v) is 8.42. The Morgan fingerprint density at radius 3 is 1.05 bits per heavy atom. The van der Waals surface area contributed by atoms with E-state index in [0.29, 0.717) is 33.2 Å². The number of hydrogen-bond acceptors (Lipinski definition) is 2. The molecule has 0 spiro atoms. The van der Waals surface area contributed by atoms with E-state index in [-0.39, 0.29) is 33.6 Å². The first-order valence-electron chi connectivity index (χ1n) is 18.3. The van der Waals surface area contributed by atoms with Crippen LogP contribution in [0, 0.1) is 50.4 Å². The molecule has 0 unspecified atom stereocenters. The van der Waals surface area contributed by atoms with Crippen molar-refractivity contribution in [3.8, 4) is 45.8 Å². The Balaban J connectivity index is 1.63. The van der Waals surface area contributed by atoms with Gasteiger partial charge in [0, 0.05) is 43.8 Å². The smallest absolute Gasteiger partial charge is 0.308 e. The minimum atomic E-state index is -4.95. The number of nitriles is 2. The Morgan fingerprint density at radius 2 is 0.750 bits per heavy atom. The fourth-order valence-electron chi connectivity index (χ4n) is 8.42. The summed E-state index contributed by atoms with van der Waals surface area (Å²) in [7, 11) is 0. The Bertz CT molecular complexity index is 2880. The van der Waals surface area contributed by atoms with Gasteiger partial charge >= 0.3 is 6.18 Å². The maximum atomic E-state index is 16.9. The van der Waals surface area contributed by atoms with Gasteiger partial charge in [-0.15, -0.1) is 0 Å². The molecule has 0 atom stereocenters. The van der Waals surface area contributed by atoms with E-state index in [4.69, 9.17) is 0 Å². The lowest BCUT2D eigenvalue weighted by Gasteiger charge is -2.27. The number of halogens is 3. The van der Waals surface area contributed by atoms with Crippen molar-refractivity contribution in [3.63, 3.8) is 0 Å².